The maximum absolute atomic E-state index is 13.3. The van der Waals surface area contributed by atoms with Crippen LogP contribution < -0.4 is 0 Å². The molecule has 0 N–H and O–H groups in total. The third-order valence-electron chi connectivity index (χ3n) is 7.45. The van der Waals surface area contributed by atoms with Crippen LogP contribution >= 0.6 is 0 Å². The van der Waals surface area contributed by atoms with Crippen molar-refractivity contribution in [3.8, 4) is 0 Å². The van der Waals surface area contributed by atoms with Crippen LogP contribution in [0.1, 0.15) is 23.2 Å². The van der Waals surface area contributed by atoms with Crippen LogP contribution in [0.15, 0.2) is 60.7 Å². The van der Waals surface area contributed by atoms with Gasteiger partial charge in [0.25, 0.3) is 0 Å². The predicted molar refractivity (Wildman–Crippen MR) is 112 cm³/mol. The fourth-order valence-corrected chi connectivity index (χ4v) is 6.08. The van der Waals surface area contributed by atoms with Crippen LogP contribution in [0.5, 0.6) is 0 Å². The van der Waals surface area contributed by atoms with E-state index in [1.165, 1.54) is 23.9 Å². The van der Waals surface area contributed by atoms with E-state index < -0.39 is 36.0 Å². The van der Waals surface area contributed by atoms with Crippen molar-refractivity contribution in [2.45, 2.75) is 24.2 Å². The Balaban J connectivity index is 1.60. The number of likely N-dealkylation sites (tertiary alicyclic amines) is 2. The highest BCUT2D eigenvalue weighted by Crippen LogP contribution is 2.58. The molecule has 0 unspecified atom stereocenters. The number of hydrogen-bond donors (Lipinski definition) is 0. The number of benzene rings is 2. The first kappa shape index (κ1) is 19.3. The summed E-state index contributed by atoms with van der Waals surface area (Å²) < 4.78 is 0. The van der Waals surface area contributed by atoms with Crippen LogP contribution in [-0.4, -0.2) is 69.6 Å². The van der Waals surface area contributed by atoms with Crippen molar-refractivity contribution in [3.63, 3.8) is 0 Å². The highest BCUT2D eigenvalue weighted by molar-refractivity contribution is 6.10. The Morgan fingerprint density at radius 2 is 0.844 bits per heavy atom. The van der Waals surface area contributed by atoms with Gasteiger partial charge >= 0.3 is 0 Å². The first-order chi connectivity index (χ1) is 15.4. The van der Waals surface area contributed by atoms with Crippen LogP contribution in [0.4, 0.5) is 0 Å². The minimum Gasteiger partial charge on any atom is -0.284 e. The maximum atomic E-state index is 13.3. The molecule has 0 radical (unpaired) electrons. The molecule has 4 aliphatic rings. The van der Waals surface area contributed by atoms with Crippen LogP contribution in [0.2, 0.25) is 0 Å². The molecule has 4 amide bonds. The van der Waals surface area contributed by atoms with E-state index in [9.17, 15) is 19.2 Å². The van der Waals surface area contributed by atoms with E-state index >= 15 is 0 Å². The molecular formula is C24H22N4O4. The summed E-state index contributed by atoms with van der Waals surface area (Å²) in [6.45, 7) is 0. The van der Waals surface area contributed by atoms with Gasteiger partial charge in [0.05, 0.1) is 23.9 Å². The molecule has 0 aliphatic carbocycles. The summed E-state index contributed by atoms with van der Waals surface area (Å²) in [6.07, 6.45) is 0. The lowest BCUT2D eigenvalue weighted by molar-refractivity contribution is -0.151. The van der Waals surface area contributed by atoms with Gasteiger partial charge in [0, 0.05) is 14.1 Å². The molecule has 2 aromatic rings. The molecule has 0 spiro atoms. The van der Waals surface area contributed by atoms with E-state index in [-0.39, 0.29) is 23.6 Å². The third-order valence-corrected chi connectivity index (χ3v) is 7.45. The molecule has 6 rings (SSSR count). The summed E-state index contributed by atoms with van der Waals surface area (Å²) in [7, 11) is 3.02. The van der Waals surface area contributed by atoms with Gasteiger partial charge in [0.1, 0.15) is 12.1 Å². The van der Waals surface area contributed by atoms with Gasteiger partial charge in [-0.2, -0.15) is 0 Å². The molecule has 4 saturated heterocycles. The summed E-state index contributed by atoms with van der Waals surface area (Å²) >= 11 is 0. The second kappa shape index (κ2) is 6.57. The number of carbonyl (C=O) groups is 4. The lowest BCUT2D eigenvalue weighted by Crippen LogP contribution is -2.49. The van der Waals surface area contributed by atoms with Crippen LogP contribution in [-0.2, 0) is 19.2 Å². The van der Waals surface area contributed by atoms with Crippen molar-refractivity contribution < 1.29 is 19.2 Å². The molecule has 4 aliphatic heterocycles. The van der Waals surface area contributed by atoms with Gasteiger partial charge in [-0.15, -0.1) is 0 Å². The molecule has 162 valence electrons. The number of nitrogens with zero attached hydrogens (tertiary/aromatic N) is 4. The fourth-order valence-electron chi connectivity index (χ4n) is 6.08. The van der Waals surface area contributed by atoms with Gasteiger partial charge < -0.3 is 0 Å². The van der Waals surface area contributed by atoms with Crippen LogP contribution in [0, 0.1) is 11.8 Å². The van der Waals surface area contributed by atoms with E-state index in [0.717, 1.165) is 11.1 Å². The molecule has 6 atom stereocenters. The summed E-state index contributed by atoms with van der Waals surface area (Å²) in [5.41, 5.74) is 1.70. The Labute approximate surface area is 185 Å². The third kappa shape index (κ3) is 2.23. The molecule has 4 fully saturated rings. The normalized spacial score (nSPS) is 34.4. The number of hydrazine groups is 1. The number of amides is 4. The minimum absolute atomic E-state index is 0.253. The number of fused-ring (bicyclic) bond motifs is 5. The second-order valence-electron chi connectivity index (χ2n) is 8.88. The number of hydrogen-bond acceptors (Lipinski definition) is 6. The summed E-state index contributed by atoms with van der Waals surface area (Å²) in [5, 5.41) is 3.75. The zero-order valence-corrected chi connectivity index (χ0v) is 17.7. The van der Waals surface area contributed by atoms with Crippen molar-refractivity contribution in [1.29, 1.82) is 0 Å². The van der Waals surface area contributed by atoms with Gasteiger partial charge in [-0.1, -0.05) is 60.7 Å². The Hall–Kier alpha value is -3.36. The maximum Gasteiger partial charge on any atom is 0.248 e. The molecule has 4 heterocycles. The van der Waals surface area contributed by atoms with Crippen molar-refractivity contribution in [1.82, 2.24) is 19.8 Å². The zero-order valence-electron chi connectivity index (χ0n) is 17.7. The highest BCUT2D eigenvalue weighted by atomic mass is 16.2. The fraction of sp³-hybridized carbons (Fsp3) is 0.333. The van der Waals surface area contributed by atoms with Gasteiger partial charge in [-0.25, -0.2) is 10.0 Å². The Bertz CT molecular complexity index is 1060. The molecular weight excluding hydrogens is 408 g/mol. The quantitative estimate of drug-likeness (QED) is 0.661. The summed E-state index contributed by atoms with van der Waals surface area (Å²) in [5.74, 6) is -2.38. The Morgan fingerprint density at radius 3 is 1.19 bits per heavy atom. The Morgan fingerprint density at radius 1 is 0.500 bits per heavy atom. The average molecular weight is 430 g/mol. The molecule has 8 heteroatoms. The topological polar surface area (TPSA) is 81.2 Å². The van der Waals surface area contributed by atoms with Gasteiger partial charge in [0.15, 0.2) is 0 Å². The van der Waals surface area contributed by atoms with Gasteiger partial charge in [-0.05, 0) is 11.1 Å². The minimum atomic E-state index is -0.751. The van der Waals surface area contributed by atoms with Crippen molar-refractivity contribution in [3.05, 3.63) is 71.8 Å². The van der Waals surface area contributed by atoms with Crippen molar-refractivity contribution in [2.75, 3.05) is 14.1 Å². The van der Waals surface area contributed by atoms with E-state index in [1.54, 1.807) is 0 Å². The monoisotopic (exact) mass is 430 g/mol. The smallest absolute Gasteiger partial charge is 0.248 e. The van der Waals surface area contributed by atoms with E-state index in [0.29, 0.717) is 0 Å². The molecule has 2 aromatic carbocycles. The van der Waals surface area contributed by atoms with Crippen molar-refractivity contribution >= 4 is 23.6 Å². The first-order valence-corrected chi connectivity index (χ1v) is 10.7. The molecule has 32 heavy (non-hydrogen) atoms. The number of likely N-dealkylation sites (N-methyl/N-ethyl adjacent to an activating group) is 2. The molecule has 0 bridgehead atoms. The predicted octanol–water partition coefficient (Wildman–Crippen LogP) is 0.982. The SMILES string of the molecule is CN1C(=O)[C@H]2[C@@H](C1=O)N1[C@@H](c3ccccc3)[C@H]3C(=O)N(C)C(=O)[C@@H]3N1[C@@H]2c1ccccc1. The zero-order chi connectivity index (χ0) is 22.3. The van der Waals surface area contributed by atoms with Crippen molar-refractivity contribution in [2.24, 2.45) is 11.8 Å². The molecule has 0 aromatic heterocycles. The average Bonchev–Trinajstić information content (AvgIpc) is 3.46. The standard InChI is InChI=1S/C24H22N4O4/c1-25-21(29)15-17(13-9-5-3-6-10-13)28-20-16(22(30)26(2)24(20)32)18(14-11-7-4-8-12-14)27(28)19(15)23(25)31/h3-12,15-20H,1-2H3/t15-,16-,17-,18+,19+,20-/m1/s1. The molecule has 0 saturated carbocycles. The largest absolute Gasteiger partial charge is 0.284 e. The van der Waals surface area contributed by atoms with E-state index in [4.69, 9.17) is 0 Å². The van der Waals surface area contributed by atoms with E-state index in [1.807, 2.05) is 70.7 Å². The Kier molecular flexibility index (Phi) is 3.97. The highest BCUT2D eigenvalue weighted by Gasteiger charge is 2.72. The lowest BCUT2D eigenvalue weighted by atomic mass is 9.84. The number of carbonyl (C=O) groups excluding carboxylic acids is 4. The molecule has 8 nitrogen and oxygen atoms in total. The number of imide groups is 2. The second-order valence-corrected chi connectivity index (χ2v) is 8.88. The van der Waals surface area contributed by atoms with Gasteiger partial charge in [-0.3, -0.25) is 29.0 Å². The van der Waals surface area contributed by atoms with Crippen LogP contribution in [0.25, 0.3) is 0 Å². The first-order valence-electron chi connectivity index (χ1n) is 10.7. The van der Waals surface area contributed by atoms with E-state index in [2.05, 4.69) is 0 Å². The van der Waals surface area contributed by atoms with Gasteiger partial charge in [0.2, 0.25) is 23.6 Å². The summed E-state index contributed by atoms with van der Waals surface area (Å²) in [4.78, 5) is 55.5. The summed E-state index contributed by atoms with van der Waals surface area (Å²) in [6, 6.07) is 16.4. The van der Waals surface area contributed by atoms with Crippen LogP contribution in [0.3, 0.4) is 0 Å². The number of rotatable bonds is 2. The lowest BCUT2D eigenvalue weighted by Gasteiger charge is -2.35.